The number of amides is 2. The fraction of sp³-hybridized carbons (Fsp3) is 0.400. The molecule has 1 aromatic rings. The smallest absolute Gasteiger partial charge is 0.317 e. The van der Waals surface area contributed by atoms with Crippen LogP contribution >= 0.6 is 0 Å². The first-order chi connectivity index (χ1) is 9.22. The number of rotatable bonds is 6. The zero-order chi connectivity index (χ0) is 13.7. The first kappa shape index (κ1) is 13.6. The van der Waals surface area contributed by atoms with Crippen molar-refractivity contribution in [2.24, 2.45) is 0 Å². The van der Waals surface area contributed by atoms with Gasteiger partial charge in [-0.3, -0.25) is 0 Å². The number of carbonyl (C=O) groups is 1. The Hall–Kier alpha value is -1.81. The summed E-state index contributed by atoms with van der Waals surface area (Å²) in [5, 5.41) is 13.0. The Morgan fingerprint density at radius 1 is 1.47 bits per heavy atom. The van der Waals surface area contributed by atoms with Gasteiger partial charge in [0.2, 0.25) is 0 Å². The Labute approximate surface area is 113 Å². The van der Waals surface area contributed by atoms with Gasteiger partial charge in [0.1, 0.15) is 0 Å². The molecule has 1 saturated carbocycles. The molecule has 0 radical (unpaired) electrons. The maximum Gasteiger partial charge on any atom is 0.317 e. The summed E-state index contributed by atoms with van der Waals surface area (Å²) in [5.41, 5.74) is 0.838. The molecule has 102 valence electrons. The highest BCUT2D eigenvalue weighted by atomic mass is 16.3. The number of nitrogens with zero attached hydrogens (tertiary/aromatic N) is 1. The number of carbonyl (C=O) groups excluding carboxylic acids is 1. The lowest BCUT2D eigenvalue weighted by Crippen LogP contribution is -2.43. The van der Waals surface area contributed by atoms with Crippen LogP contribution in [0.5, 0.6) is 0 Å². The van der Waals surface area contributed by atoms with Gasteiger partial charge in [-0.05, 0) is 18.4 Å². The molecule has 1 aliphatic rings. The van der Waals surface area contributed by atoms with Crippen molar-refractivity contribution in [2.75, 3.05) is 13.1 Å². The van der Waals surface area contributed by atoms with E-state index in [1.165, 1.54) is 0 Å². The van der Waals surface area contributed by atoms with Crippen LogP contribution in [0.25, 0.3) is 0 Å². The second kappa shape index (κ2) is 6.38. The van der Waals surface area contributed by atoms with Crippen molar-refractivity contribution >= 4 is 6.03 Å². The third-order valence-electron chi connectivity index (χ3n) is 3.20. The van der Waals surface area contributed by atoms with Crippen LogP contribution in [0.1, 0.15) is 24.5 Å². The molecule has 0 aromatic heterocycles. The van der Waals surface area contributed by atoms with Crippen LogP contribution < -0.4 is 5.32 Å². The van der Waals surface area contributed by atoms with E-state index < -0.39 is 6.10 Å². The summed E-state index contributed by atoms with van der Waals surface area (Å²) in [6.07, 6.45) is 3.04. The average Bonchev–Trinajstić information content (AvgIpc) is 3.27. The first-order valence-electron chi connectivity index (χ1n) is 6.60. The Balaban J connectivity index is 1.96. The van der Waals surface area contributed by atoms with Gasteiger partial charge in [0.05, 0.1) is 12.6 Å². The molecule has 2 amide bonds. The van der Waals surface area contributed by atoms with Crippen molar-refractivity contribution in [1.82, 2.24) is 10.2 Å². The SMILES string of the molecule is C=CCNC(=O)N(C[C@H](O)c1ccccc1)C1CC1. The van der Waals surface area contributed by atoms with Gasteiger partial charge in [0.15, 0.2) is 0 Å². The van der Waals surface area contributed by atoms with Crippen molar-refractivity contribution < 1.29 is 9.90 Å². The van der Waals surface area contributed by atoms with E-state index in [1.807, 2.05) is 30.3 Å². The molecular formula is C15H20N2O2. The minimum absolute atomic E-state index is 0.127. The van der Waals surface area contributed by atoms with Crippen LogP contribution in [0.2, 0.25) is 0 Å². The maximum absolute atomic E-state index is 12.0. The highest BCUT2D eigenvalue weighted by Crippen LogP contribution is 2.28. The van der Waals surface area contributed by atoms with E-state index in [-0.39, 0.29) is 12.1 Å². The molecule has 1 atom stereocenters. The topological polar surface area (TPSA) is 52.6 Å². The Bertz CT molecular complexity index is 429. The molecular weight excluding hydrogens is 240 g/mol. The van der Waals surface area contributed by atoms with E-state index in [0.29, 0.717) is 13.1 Å². The standard InChI is InChI=1S/C15H20N2O2/c1-2-10-16-15(19)17(13-8-9-13)11-14(18)12-6-4-3-5-7-12/h2-7,13-14,18H,1,8-11H2,(H,16,19)/t14-/m0/s1. The maximum atomic E-state index is 12.0. The van der Waals surface area contributed by atoms with Crippen LogP contribution in [0.15, 0.2) is 43.0 Å². The summed E-state index contributed by atoms with van der Waals surface area (Å²) in [6, 6.07) is 9.57. The van der Waals surface area contributed by atoms with Crippen LogP contribution in [0.3, 0.4) is 0 Å². The van der Waals surface area contributed by atoms with Gasteiger partial charge in [-0.15, -0.1) is 6.58 Å². The van der Waals surface area contributed by atoms with E-state index in [2.05, 4.69) is 11.9 Å². The lowest BCUT2D eigenvalue weighted by Gasteiger charge is -2.25. The van der Waals surface area contributed by atoms with Gasteiger partial charge in [-0.25, -0.2) is 4.79 Å². The quantitative estimate of drug-likeness (QED) is 0.769. The van der Waals surface area contributed by atoms with Crippen LogP contribution in [-0.2, 0) is 0 Å². The van der Waals surface area contributed by atoms with Crippen molar-refractivity contribution in [2.45, 2.75) is 25.0 Å². The predicted octanol–water partition coefficient (Wildman–Crippen LogP) is 2.08. The number of aliphatic hydroxyl groups excluding tert-OH is 1. The average molecular weight is 260 g/mol. The highest BCUT2D eigenvalue weighted by molar-refractivity contribution is 5.75. The molecule has 4 heteroatoms. The second-order valence-electron chi connectivity index (χ2n) is 4.78. The highest BCUT2D eigenvalue weighted by Gasteiger charge is 2.33. The van der Waals surface area contributed by atoms with Crippen LogP contribution in [0.4, 0.5) is 4.79 Å². The van der Waals surface area contributed by atoms with Crippen molar-refractivity contribution in [3.63, 3.8) is 0 Å². The number of benzene rings is 1. The molecule has 4 nitrogen and oxygen atoms in total. The van der Waals surface area contributed by atoms with Gasteiger partial charge in [-0.1, -0.05) is 36.4 Å². The summed E-state index contributed by atoms with van der Waals surface area (Å²) < 4.78 is 0. The Morgan fingerprint density at radius 2 is 2.16 bits per heavy atom. The largest absolute Gasteiger partial charge is 0.387 e. The van der Waals surface area contributed by atoms with E-state index >= 15 is 0 Å². The lowest BCUT2D eigenvalue weighted by molar-refractivity contribution is 0.118. The summed E-state index contributed by atoms with van der Waals surface area (Å²) in [4.78, 5) is 13.7. The van der Waals surface area contributed by atoms with E-state index in [9.17, 15) is 9.90 Å². The summed E-state index contributed by atoms with van der Waals surface area (Å²) in [6.45, 7) is 4.36. The second-order valence-corrected chi connectivity index (χ2v) is 4.78. The zero-order valence-electron chi connectivity index (χ0n) is 11.0. The van der Waals surface area contributed by atoms with Gasteiger partial charge >= 0.3 is 6.03 Å². The third kappa shape index (κ3) is 3.83. The Morgan fingerprint density at radius 3 is 2.74 bits per heavy atom. The Kier molecular flexibility index (Phi) is 4.58. The van der Waals surface area contributed by atoms with E-state index in [4.69, 9.17) is 0 Å². The third-order valence-corrected chi connectivity index (χ3v) is 3.20. The molecule has 1 fully saturated rings. The number of hydrogen-bond acceptors (Lipinski definition) is 2. The van der Waals surface area contributed by atoms with Gasteiger partial charge in [0.25, 0.3) is 0 Å². The molecule has 2 rings (SSSR count). The van der Waals surface area contributed by atoms with Crippen molar-refractivity contribution in [1.29, 1.82) is 0 Å². The molecule has 0 unspecified atom stereocenters. The first-order valence-corrected chi connectivity index (χ1v) is 6.60. The predicted molar refractivity (Wildman–Crippen MR) is 74.7 cm³/mol. The van der Waals surface area contributed by atoms with Gasteiger partial charge in [0, 0.05) is 12.6 Å². The molecule has 2 N–H and O–H groups in total. The molecule has 0 aliphatic heterocycles. The summed E-state index contributed by atoms with van der Waals surface area (Å²) in [5.74, 6) is 0. The molecule has 19 heavy (non-hydrogen) atoms. The molecule has 0 bridgehead atoms. The monoisotopic (exact) mass is 260 g/mol. The zero-order valence-corrected chi connectivity index (χ0v) is 11.0. The molecule has 0 spiro atoms. The van der Waals surface area contributed by atoms with Gasteiger partial charge < -0.3 is 15.3 Å². The van der Waals surface area contributed by atoms with Gasteiger partial charge in [-0.2, -0.15) is 0 Å². The molecule has 0 heterocycles. The number of aliphatic hydroxyl groups is 1. The molecule has 1 aromatic carbocycles. The minimum Gasteiger partial charge on any atom is -0.387 e. The normalized spacial score (nSPS) is 15.6. The van der Waals surface area contributed by atoms with E-state index in [1.54, 1.807) is 11.0 Å². The van der Waals surface area contributed by atoms with Crippen LogP contribution in [0, 0.1) is 0 Å². The van der Waals surface area contributed by atoms with E-state index in [0.717, 1.165) is 18.4 Å². The fourth-order valence-corrected chi connectivity index (χ4v) is 2.01. The number of nitrogens with one attached hydrogen (secondary N) is 1. The molecule has 1 aliphatic carbocycles. The van der Waals surface area contributed by atoms with Crippen molar-refractivity contribution in [3.05, 3.63) is 48.6 Å². The van der Waals surface area contributed by atoms with Crippen molar-refractivity contribution in [3.8, 4) is 0 Å². The lowest BCUT2D eigenvalue weighted by atomic mass is 10.1. The minimum atomic E-state index is -0.642. The van der Waals surface area contributed by atoms with Crippen LogP contribution in [-0.4, -0.2) is 35.2 Å². The summed E-state index contributed by atoms with van der Waals surface area (Å²) in [7, 11) is 0. The summed E-state index contributed by atoms with van der Waals surface area (Å²) >= 11 is 0. The molecule has 0 saturated heterocycles. The number of urea groups is 1. The number of hydrogen-bond donors (Lipinski definition) is 2. The fourth-order valence-electron chi connectivity index (χ4n) is 2.01.